The van der Waals surface area contributed by atoms with Crippen LogP contribution in [0.15, 0.2) is 53.7 Å². The van der Waals surface area contributed by atoms with Gasteiger partial charge in [0, 0.05) is 31.1 Å². The van der Waals surface area contributed by atoms with Crippen molar-refractivity contribution >= 4 is 17.7 Å². The van der Waals surface area contributed by atoms with E-state index in [0.717, 1.165) is 35.9 Å². The normalized spacial score (nSPS) is 11.2. The van der Waals surface area contributed by atoms with Crippen LogP contribution in [0.3, 0.4) is 0 Å². The molecule has 0 bridgehead atoms. The molecular formula is C19H26N4OS. The largest absolute Gasteiger partial charge is 0.473 e. The van der Waals surface area contributed by atoms with Crippen molar-refractivity contribution in [2.75, 3.05) is 25.1 Å². The van der Waals surface area contributed by atoms with Crippen molar-refractivity contribution in [3.8, 4) is 5.88 Å². The van der Waals surface area contributed by atoms with Crippen LogP contribution >= 0.6 is 11.8 Å². The van der Waals surface area contributed by atoms with E-state index in [-0.39, 0.29) is 0 Å². The summed E-state index contributed by atoms with van der Waals surface area (Å²) in [7, 11) is 0. The molecule has 0 spiro atoms. The van der Waals surface area contributed by atoms with Gasteiger partial charge in [0.2, 0.25) is 5.88 Å². The summed E-state index contributed by atoms with van der Waals surface area (Å²) in [4.78, 5) is 8.89. The second kappa shape index (κ2) is 11.4. The molecule has 0 unspecified atom stereocenters. The molecule has 0 fully saturated rings. The van der Waals surface area contributed by atoms with Crippen molar-refractivity contribution in [1.82, 2.24) is 15.6 Å². The minimum atomic E-state index is 0.513. The minimum absolute atomic E-state index is 0.513. The number of hydrogen-bond acceptors (Lipinski definition) is 4. The molecule has 0 aliphatic heterocycles. The van der Waals surface area contributed by atoms with Gasteiger partial charge in [-0.05, 0) is 30.4 Å². The number of benzene rings is 1. The molecule has 1 aromatic carbocycles. The third-order valence-electron chi connectivity index (χ3n) is 3.39. The number of pyridine rings is 1. The van der Waals surface area contributed by atoms with E-state index in [1.165, 1.54) is 0 Å². The third kappa shape index (κ3) is 7.47. The quantitative estimate of drug-likeness (QED) is 0.410. The monoisotopic (exact) mass is 358 g/mol. The first-order valence-electron chi connectivity index (χ1n) is 8.44. The maximum Gasteiger partial charge on any atom is 0.213 e. The number of nitrogens with zero attached hydrogens (tertiary/aromatic N) is 2. The molecule has 2 rings (SSSR count). The van der Waals surface area contributed by atoms with E-state index in [1.807, 2.05) is 54.2 Å². The van der Waals surface area contributed by atoms with Crippen LogP contribution in [0.5, 0.6) is 5.88 Å². The van der Waals surface area contributed by atoms with Crippen LogP contribution in [0, 0.1) is 0 Å². The maximum absolute atomic E-state index is 5.77. The zero-order valence-corrected chi connectivity index (χ0v) is 15.7. The van der Waals surface area contributed by atoms with E-state index in [9.17, 15) is 0 Å². The smallest absolute Gasteiger partial charge is 0.213 e. The van der Waals surface area contributed by atoms with Crippen molar-refractivity contribution in [2.45, 2.75) is 20.1 Å². The van der Waals surface area contributed by atoms with E-state index in [0.29, 0.717) is 19.0 Å². The molecule has 1 aromatic heterocycles. The highest BCUT2D eigenvalue weighted by atomic mass is 32.2. The SMILES string of the molecule is CCNC(=NCc1ccnc(OCc2ccccc2)c1)NCCSC. The van der Waals surface area contributed by atoms with Crippen molar-refractivity contribution in [1.29, 1.82) is 0 Å². The van der Waals surface area contributed by atoms with Gasteiger partial charge in [-0.1, -0.05) is 30.3 Å². The number of aromatic nitrogens is 1. The van der Waals surface area contributed by atoms with Crippen LogP contribution < -0.4 is 15.4 Å². The highest BCUT2D eigenvalue weighted by Gasteiger charge is 2.01. The molecule has 0 radical (unpaired) electrons. The third-order valence-corrected chi connectivity index (χ3v) is 4.00. The summed E-state index contributed by atoms with van der Waals surface area (Å²) < 4.78 is 5.77. The standard InChI is InChI=1S/C19H26N4OS/c1-3-20-19(22-11-12-25-2)23-14-17-9-10-21-18(13-17)24-15-16-7-5-4-6-8-16/h4-10,13H,3,11-12,14-15H2,1-2H3,(H2,20,22,23). The lowest BCUT2D eigenvalue weighted by Crippen LogP contribution is -2.38. The Hall–Kier alpha value is -2.21. The molecule has 0 aliphatic carbocycles. The first-order valence-corrected chi connectivity index (χ1v) is 9.84. The van der Waals surface area contributed by atoms with Gasteiger partial charge in [-0.15, -0.1) is 0 Å². The van der Waals surface area contributed by atoms with E-state index in [1.54, 1.807) is 6.20 Å². The average molecular weight is 359 g/mol. The second-order valence-corrected chi connectivity index (χ2v) is 6.38. The van der Waals surface area contributed by atoms with E-state index in [2.05, 4.69) is 33.8 Å². The lowest BCUT2D eigenvalue weighted by molar-refractivity contribution is 0.293. The van der Waals surface area contributed by atoms with Gasteiger partial charge in [-0.3, -0.25) is 0 Å². The van der Waals surface area contributed by atoms with E-state index >= 15 is 0 Å². The molecular weight excluding hydrogens is 332 g/mol. The van der Waals surface area contributed by atoms with Crippen molar-refractivity contribution in [3.05, 3.63) is 59.8 Å². The molecule has 5 nitrogen and oxygen atoms in total. The number of guanidine groups is 1. The van der Waals surface area contributed by atoms with Gasteiger partial charge in [0.05, 0.1) is 6.54 Å². The first-order chi connectivity index (χ1) is 12.3. The van der Waals surface area contributed by atoms with Gasteiger partial charge in [0.1, 0.15) is 6.61 Å². The lowest BCUT2D eigenvalue weighted by Gasteiger charge is -2.11. The van der Waals surface area contributed by atoms with Crippen molar-refractivity contribution < 1.29 is 4.74 Å². The van der Waals surface area contributed by atoms with Crippen molar-refractivity contribution in [3.63, 3.8) is 0 Å². The predicted molar refractivity (Wildman–Crippen MR) is 106 cm³/mol. The van der Waals surface area contributed by atoms with Gasteiger partial charge < -0.3 is 15.4 Å². The van der Waals surface area contributed by atoms with Gasteiger partial charge in [-0.2, -0.15) is 11.8 Å². The number of ether oxygens (including phenoxy) is 1. The van der Waals surface area contributed by atoms with Crippen LogP contribution in [-0.2, 0) is 13.2 Å². The summed E-state index contributed by atoms with van der Waals surface area (Å²) in [5.41, 5.74) is 2.19. The highest BCUT2D eigenvalue weighted by Crippen LogP contribution is 2.12. The van der Waals surface area contributed by atoms with Gasteiger partial charge in [-0.25, -0.2) is 9.98 Å². The first kappa shape index (κ1) is 19.1. The van der Waals surface area contributed by atoms with Crippen LogP contribution in [0.25, 0.3) is 0 Å². The zero-order chi connectivity index (χ0) is 17.7. The summed E-state index contributed by atoms with van der Waals surface area (Å²) in [5.74, 6) is 2.51. The fraction of sp³-hybridized carbons (Fsp3) is 0.368. The Kier molecular flexibility index (Phi) is 8.69. The Labute approximate surface area is 154 Å². The number of aliphatic imine (C=N–C) groups is 1. The summed E-state index contributed by atoms with van der Waals surface area (Å²) in [5, 5.41) is 6.58. The molecule has 134 valence electrons. The molecule has 6 heteroatoms. The second-order valence-electron chi connectivity index (χ2n) is 5.39. The maximum atomic E-state index is 5.77. The van der Waals surface area contributed by atoms with Crippen LogP contribution in [0.2, 0.25) is 0 Å². The molecule has 0 aliphatic rings. The predicted octanol–water partition coefficient (Wildman–Crippen LogP) is 3.08. The molecule has 0 saturated heterocycles. The zero-order valence-electron chi connectivity index (χ0n) is 14.9. The number of thioether (sulfide) groups is 1. The molecule has 0 amide bonds. The van der Waals surface area contributed by atoms with Gasteiger partial charge in [0.25, 0.3) is 0 Å². The summed E-state index contributed by atoms with van der Waals surface area (Å²) in [6, 6.07) is 14.0. The molecule has 0 saturated carbocycles. The van der Waals surface area contributed by atoms with Crippen LogP contribution in [0.1, 0.15) is 18.1 Å². The van der Waals surface area contributed by atoms with E-state index < -0.39 is 0 Å². The van der Waals surface area contributed by atoms with Crippen LogP contribution in [0.4, 0.5) is 0 Å². The average Bonchev–Trinajstić information content (AvgIpc) is 2.66. The molecule has 1 heterocycles. The van der Waals surface area contributed by atoms with Gasteiger partial charge >= 0.3 is 0 Å². The Morgan fingerprint density at radius 2 is 2.00 bits per heavy atom. The van der Waals surface area contributed by atoms with E-state index in [4.69, 9.17) is 4.74 Å². The highest BCUT2D eigenvalue weighted by molar-refractivity contribution is 7.98. The summed E-state index contributed by atoms with van der Waals surface area (Å²) in [6.45, 7) is 4.90. The topological polar surface area (TPSA) is 58.5 Å². The number of hydrogen-bond donors (Lipinski definition) is 2. The molecule has 2 N–H and O–H groups in total. The Morgan fingerprint density at radius 3 is 2.76 bits per heavy atom. The fourth-order valence-corrected chi connectivity index (χ4v) is 2.45. The Morgan fingerprint density at radius 1 is 1.16 bits per heavy atom. The lowest BCUT2D eigenvalue weighted by atomic mass is 10.2. The Balaban J connectivity index is 1.91. The number of nitrogens with one attached hydrogen (secondary N) is 2. The summed E-state index contributed by atoms with van der Waals surface area (Å²) >= 11 is 1.81. The Bertz CT molecular complexity index is 649. The molecule has 0 atom stereocenters. The minimum Gasteiger partial charge on any atom is -0.473 e. The van der Waals surface area contributed by atoms with Gasteiger partial charge in [0.15, 0.2) is 5.96 Å². The van der Waals surface area contributed by atoms with Crippen molar-refractivity contribution in [2.24, 2.45) is 4.99 Å². The summed E-state index contributed by atoms with van der Waals surface area (Å²) in [6.07, 6.45) is 3.86. The fourth-order valence-electron chi connectivity index (χ4n) is 2.14. The van der Waals surface area contributed by atoms with Crippen LogP contribution in [-0.4, -0.2) is 36.0 Å². The number of rotatable bonds is 9. The molecule has 25 heavy (non-hydrogen) atoms. The molecule has 2 aromatic rings.